The minimum atomic E-state index is -0.338. The average molecular weight is 281 g/mol. The van der Waals surface area contributed by atoms with Crippen molar-refractivity contribution in [2.45, 2.75) is 6.92 Å². The molecule has 1 atom stereocenters. The molecule has 1 aliphatic rings. The van der Waals surface area contributed by atoms with Gasteiger partial charge in [0.05, 0.1) is 10.8 Å². The van der Waals surface area contributed by atoms with Crippen LogP contribution in [0.15, 0.2) is 11.4 Å². The van der Waals surface area contributed by atoms with Crippen LogP contribution in [0.25, 0.3) is 0 Å². The van der Waals surface area contributed by atoms with Crippen molar-refractivity contribution >= 4 is 23.2 Å². The van der Waals surface area contributed by atoms with Crippen LogP contribution in [0, 0.1) is 12.8 Å². The number of hydrogen-bond donors (Lipinski definition) is 1. The van der Waals surface area contributed by atoms with E-state index in [1.165, 1.54) is 11.3 Å². The fourth-order valence-corrected chi connectivity index (χ4v) is 3.17. The number of aryl methyl sites for hydroxylation is 1. The Kier molecular flexibility index (Phi) is 4.21. The molecular formula is C13H19N3O2S. The van der Waals surface area contributed by atoms with Gasteiger partial charge in [-0.1, -0.05) is 0 Å². The Morgan fingerprint density at radius 1 is 1.37 bits per heavy atom. The molecule has 1 aliphatic heterocycles. The number of likely N-dealkylation sites (N-methyl/N-ethyl adjacent to an activating group) is 1. The first-order chi connectivity index (χ1) is 8.99. The van der Waals surface area contributed by atoms with Crippen LogP contribution in [0.4, 0.5) is 0 Å². The zero-order valence-corrected chi connectivity index (χ0v) is 12.1. The molecule has 19 heavy (non-hydrogen) atoms. The largest absolute Gasteiger partial charge is 0.369 e. The van der Waals surface area contributed by atoms with Gasteiger partial charge < -0.3 is 15.5 Å². The van der Waals surface area contributed by atoms with Crippen LogP contribution in [0.1, 0.15) is 15.2 Å². The van der Waals surface area contributed by atoms with E-state index in [-0.39, 0.29) is 17.7 Å². The monoisotopic (exact) mass is 281 g/mol. The van der Waals surface area contributed by atoms with Crippen LogP contribution >= 0.6 is 11.3 Å². The van der Waals surface area contributed by atoms with Gasteiger partial charge in [-0.05, 0) is 31.0 Å². The molecule has 2 heterocycles. The second-order valence-electron chi connectivity index (χ2n) is 5.05. The van der Waals surface area contributed by atoms with E-state index < -0.39 is 0 Å². The van der Waals surface area contributed by atoms with E-state index >= 15 is 0 Å². The SMILES string of the molecule is Cc1ccsc1C(=O)N1CCN(C)C[C@@H](C(N)=O)C1. The molecule has 104 valence electrons. The van der Waals surface area contributed by atoms with Gasteiger partial charge in [0.15, 0.2) is 0 Å². The van der Waals surface area contributed by atoms with Gasteiger partial charge >= 0.3 is 0 Å². The first-order valence-electron chi connectivity index (χ1n) is 6.30. The predicted molar refractivity (Wildman–Crippen MR) is 75.1 cm³/mol. The smallest absolute Gasteiger partial charge is 0.264 e. The molecule has 1 aromatic heterocycles. The highest BCUT2D eigenvalue weighted by Crippen LogP contribution is 2.19. The molecule has 2 rings (SSSR count). The lowest BCUT2D eigenvalue weighted by Crippen LogP contribution is -2.40. The summed E-state index contributed by atoms with van der Waals surface area (Å²) < 4.78 is 0. The molecule has 1 fully saturated rings. The molecule has 6 heteroatoms. The van der Waals surface area contributed by atoms with Crippen molar-refractivity contribution in [2.75, 3.05) is 33.2 Å². The minimum absolute atomic E-state index is 0.00838. The third-order valence-corrected chi connectivity index (χ3v) is 4.47. The minimum Gasteiger partial charge on any atom is -0.369 e. The van der Waals surface area contributed by atoms with Crippen LogP contribution in [-0.2, 0) is 4.79 Å². The van der Waals surface area contributed by atoms with Crippen LogP contribution in [-0.4, -0.2) is 54.8 Å². The predicted octanol–water partition coefficient (Wildman–Crippen LogP) is 0.546. The lowest BCUT2D eigenvalue weighted by molar-refractivity contribution is -0.122. The van der Waals surface area contributed by atoms with Crippen molar-refractivity contribution in [2.24, 2.45) is 11.7 Å². The molecule has 0 radical (unpaired) electrons. The lowest BCUT2D eigenvalue weighted by Gasteiger charge is -2.22. The standard InChI is InChI=1S/C13H19N3O2S/c1-9-3-6-19-11(9)13(18)16-5-4-15(2)7-10(8-16)12(14)17/h3,6,10H,4-5,7-8H2,1-2H3,(H2,14,17)/t10-/m1/s1. The van der Waals surface area contributed by atoms with Gasteiger partial charge in [0, 0.05) is 26.2 Å². The number of carbonyl (C=O) groups excluding carboxylic acids is 2. The molecule has 1 saturated heterocycles. The number of primary amides is 1. The summed E-state index contributed by atoms with van der Waals surface area (Å²) in [5, 5.41) is 1.91. The highest BCUT2D eigenvalue weighted by atomic mass is 32.1. The fourth-order valence-electron chi connectivity index (χ4n) is 2.27. The van der Waals surface area contributed by atoms with E-state index in [1.54, 1.807) is 4.90 Å². The summed E-state index contributed by atoms with van der Waals surface area (Å²) in [5.74, 6) is -0.625. The van der Waals surface area contributed by atoms with Crippen LogP contribution in [0.2, 0.25) is 0 Å². The zero-order valence-electron chi connectivity index (χ0n) is 11.3. The van der Waals surface area contributed by atoms with Crippen LogP contribution in [0.3, 0.4) is 0 Å². The Morgan fingerprint density at radius 2 is 2.11 bits per heavy atom. The highest BCUT2D eigenvalue weighted by molar-refractivity contribution is 7.12. The topological polar surface area (TPSA) is 66.6 Å². The normalized spacial score (nSPS) is 21.2. The van der Waals surface area contributed by atoms with E-state index in [4.69, 9.17) is 5.73 Å². The van der Waals surface area contributed by atoms with Crippen LogP contribution < -0.4 is 5.73 Å². The van der Waals surface area contributed by atoms with E-state index in [1.807, 2.05) is 30.3 Å². The maximum absolute atomic E-state index is 12.5. The van der Waals surface area contributed by atoms with Gasteiger partial charge in [-0.2, -0.15) is 0 Å². The molecule has 0 bridgehead atoms. The van der Waals surface area contributed by atoms with Gasteiger partial charge in [-0.25, -0.2) is 0 Å². The summed E-state index contributed by atoms with van der Waals surface area (Å²) in [6.07, 6.45) is 0. The maximum atomic E-state index is 12.5. The van der Waals surface area contributed by atoms with Gasteiger partial charge in [0.1, 0.15) is 0 Å². The molecule has 1 aromatic rings. The first kappa shape index (κ1) is 14.0. The van der Waals surface area contributed by atoms with Gasteiger partial charge in [0.25, 0.3) is 5.91 Å². The molecule has 2 N–H and O–H groups in total. The van der Waals surface area contributed by atoms with Crippen molar-refractivity contribution in [3.05, 3.63) is 21.9 Å². The number of thiophene rings is 1. The Morgan fingerprint density at radius 3 is 2.68 bits per heavy atom. The van der Waals surface area contributed by atoms with Crippen molar-refractivity contribution in [3.63, 3.8) is 0 Å². The molecule has 0 saturated carbocycles. The lowest BCUT2D eigenvalue weighted by atomic mass is 10.1. The van der Waals surface area contributed by atoms with Crippen molar-refractivity contribution in [1.29, 1.82) is 0 Å². The molecular weight excluding hydrogens is 262 g/mol. The third-order valence-electron chi connectivity index (χ3n) is 3.47. The summed E-state index contributed by atoms with van der Waals surface area (Å²) in [6.45, 7) is 4.36. The molecule has 0 spiro atoms. The maximum Gasteiger partial charge on any atom is 0.264 e. The number of carbonyl (C=O) groups is 2. The molecule has 2 amide bonds. The Balaban J connectivity index is 2.17. The first-order valence-corrected chi connectivity index (χ1v) is 7.18. The Labute approximate surface area is 117 Å². The quantitative estimate of drug-likeness (QED) is 0.860. The number of hydrogen-bond acceptors (Lipinski definition) is 4. The number of amides is 2. The summed E-state index contributed by atoms with van der Waals surface area (Å²) in [5.41, 5.74) is 6.40. The van der Waals surface area contributed by atoms with Gasteiger partial charge in [-0.15, -0.1) is 11.3 Å². The Hall–Kier alpha value is -1.40. The fraction of sp³-hybridized carbons (Fsp3) is 0.538. The number of nitrogens with two attached hydrogens (primary N) is 1. The third kappa shape index (κ3) is 3.13. The highest BCUT2D eigenvalue weighted by Gasteiger charge is 2.28. The second-order valence-corrected chi connectivity index (χ2v) is 5.96. The molecule has 0 unspecified atom stereocenters. The summed E-state index contributed by atoms with van der Waals surface area (Å²) >= 11 is 1.45. The van der Waals surface area contributed by atoms with E-state index in [0.29, 0.717) is 19.6 Å². The van der Waals surface area contributed by atoms with Crippen molar-refractivity contribution in [3.8, 4) is 0 Å². The second kappa shape index (κ2) is 5.71. The summed E-state index contributed by atoms with van der Waals surface area (Å²) in [7, 11) is 1.94. The number of nitrogens with zero attached hydrogens (tertiary/aromatic N) is 2. The van der Waals surface area contributed by atoms with E-state index in [9.17, 15) is 9.59 Å². The molecule has 5 nitrogen and oxygen atoms in total. The van der Waals surface area contributed by atoms with Crippen LogP contribution in [0.5, 0.6) is 0 Å². The van der Waals surface area contributed by atoms with Crippen molar-refractivity contribution in [1.82, 2.24) is 9.80 Å². The zero-order chi connectivity index (χ0) is 14.0. The number of rotatable bonds is 2. The molecule has 0 aliphatic carbocycles. The van der Waals surface area contributed by atoms with Gasteiger partial charge in [0.2, 0.25) is 5.91 Å². The summed E-state index contributed by atoms with van der Waals surface area (Å²) in [4.78, 5) is 28.5. The van der Waals surface area contributed by atoms with E-state index in [2.05, 4.69) is 0 Å². The van der Waals surface area contributed by atoms with Gasteiger partial charge in [-0.3, -0.25) is 9.59 Å². The summed E-state index contributed by atoms with van der Waals surface area (Å²) in [6, 6.07) is 1.94. The molecule has 0 aromatic carbocycles. The Bertz CT molecular complexity index is 486. The van der Waals surface area contributed by atoms with Crippen molar-refractivity contribution < 1.29 is 9.59 Å². The average Bonchev–Trinajstić information content (AvgIpc) is 2.67. The van der Waals surface area contributed by atoms with E-state index in [0.717, 1.165) is 17.0 Å².